The average Bonchev–Trinajstić information content (AvgIpc) is 2.79. The van der Waals surface area contributed by atoms with E-state index in [1.807, 2.05) is 19.9 Å². The van der Waals surface area contributed by atoms with Gasteiger partial charge in [0.05, 0.1) is 6.61 Å². The van der Waals surface area contributed by atoms with Gasteiger partial charge in [0.2, 0.25) is 0 Å². The molecule has 0 aromatic carbocycles. The molecular formula is C11H16N2O2. The largest absolute Gasteiger partial charge is 0.496 e. The molecule has 3 N–H and O–H groups in total. The first kappa shape index (κ1) is 10.3. The second-order valence-corrected chi connectivity index (χ2v) is 3.71. The van der Waals surface area contributed by atoms with Gasteiger partial charge < -0.3 is 9.15 Å². The number of aryl methyl sites for hydroxylation is 2. The fourth-order valence-electron chi connectivity index (χ4n) is 1.90. The van der Waals surface area contributed by atoms with E-state index in [0.717, 1.165) is 35.9 Å². The molecule has 0 amide bonds. The minimum Gasteiger partial charge on any atom is -0.496 e. The Hall–Kier alpha value is -1.26. The molecule has 0 spiro atoms. The van der Waals surface area contributed by atoms with Gasteiger partial charge in [-0.2, -0.15) is 0 Å². The van der Waals surface area contributed by atoms with Crippen molar-refractivity contribution in [3.05, 3.63) is 35.0 Å². The molecule has 1 aliphatic rings. The van der Waals surface area contributed by atoms with Crippen LogP contribution in [0.25, 0.3) is 0 Å². The van der Waals surface area contributed by atoms with Crippen LogP contribution in [0.2, 0.25) is 0 Å². The predicted molar refractivity (Wildman–Crippen MR) is 56.9 cm³/mol. The van der Waals surface area contributed by atoms with Gasteiger partial charge >= 0.3 is 0 Å². The van der Waals surface area contributed by atoms with Crippen molar-refractivity contribution in [1.82, 2.24) is 5.43 Å². The van der Waals surface area contributed by atoms with Crippen molar-refractivity contribution in [3.8, 4) is 0 Å². The number of nitrogens with one attached hydrogen (secondary N) is 1. The maximum Gasteiger partial charge on any atom is 0.115 e. The van der Waals surface area contributed by atoms with E-state index in [2.05, 4.69) is 11.5 Å². The minimum atomic E-state index is -0.0926. The Balaban J connectivity index is 2.29. The topological polar surface area (TPSA) is 60.4 Å². The van der Waals surface area contributed by atoms with Gasteiger partial charge in [0.1, 0.15) is 23.3 Å². The fraction of sp³-hybridized carbons (Fsp3) is 0.455. The molecule has 1 atom stereocenters. The van der Waals surface area contributed by atoms with Crippen molar-refractivity contribution in [3.63, 3.8) is 0 Å². The highest BCUT2D eigenvalue weighted by Gasteiger charge is 2.23. The smallest absolute Gasteiger partial charge is 0.115 e. The Labute approximate surface area is 89.1 Å². The predicted octanol–water partition coefficient (Wildman–Crippen LogP) is 1.71. The van der Waals surface area contributed by atoms with Crippen LogP contribution in [0.1, 0.15) is 29.5 Å². The van der Waals surface area contributed by atoms with Gasteiger partial charge in [-0.1, -0.05) is 0 Å². The zero-order valence-corrected chi connectivity index (χ0v) is 9.04. The van der Waals surface area contributed by atoms with Gasteiger partial charge in [-0.25, -0.2) is 5.43 Å². The normalized spacial score (nSPS) is 17.4. The third-order valence-corrected chi connectivity index (χ3v) is 2.57. The zero-order chi connectivity index (χ0) is 10.8. The van der Waals surface area contributed by atoms with E-state index >= 15 is 0 Å². The third kappa shape index (κ3) is 1.91. The monoisotopic (exact) mass is 208 g/mol. The van der Waals surface area contributed by atoms with E-state index in [4.69, 9.17) is 15.0 Å². The van der Waals surface area contributed by atoms with Crippen molar-refractivity contribution in [1.29, 1.82) is 0 Å². The summed E-state index contributed by atoms with van der Waals surface area (Å²) in [6.07, 6.45) is 3.01. The molecule has 1 aromatic rings. The molecule has 0 saturated carbocycles. The summed E-state index contributed by atoms with van der Waals surface area (Å²) in [6, 6.07) is 1.90. The highest BCUT2D eigenvalue weighted by atomic mass is 16.5. The average molecular weight is 208 g/mol. The van der Waals surface area contributed by atoms with Gasteiger partial charge in [-0.15, -0.1) is 0 Å². The summed E-state index contributed by atoms with van der Waals surface area (Å²) in [6.45, 7) is 4.60. The Kier molecular flexibility index (Phi) is 2.79. The lowest BCUT2D eigenvalue weighted by atomic mass is 10.1. The van der Waals surface area contributed by atoms with Crippen LogP contribution in [0, 0.1) is 13.8 Å². The summed E-state index contributed by atoms with van der Waals surface area (Å²) in [4.78, 5) is 0. The highest BCUT2D eigenvalue weighted by Crippen LogP contribution is 2.29. The third-order valence-electron chi connectivity index (χ3n) is 2.57. The molecule has 82 valence electrons. The van der Waals surface area contributed by atoms with Crippen molar-refractivity contribution in [2.75, 3.05) is 6.61 Å². The Morgan fingerprint density at radius 2 is 2.27 bits per heavy atom. The SMILES string of the molecule is Cc1cc(C(NN)C2=CCCO2)c(C)o1. The molecule has 4 nitrogen and oxygen atoms in total. The first-order chi connectivity index (χ1) is 7.22. The fourth-order valence-corrected chi connectivity index (χ4v) is 1.90. The number of hydrogen-bond acceptors (Lipinski definition) is 4. The molecule has 2 rings (SSSR count). The maximum atomic E-state index is 5.55. The first-order valence-electron chi connectivity index (χ1n) is 5.08. The molecule has 0 radical (unpaired) electrons. The molecule has 4 heteroatoms. The van der Waals surface area contributed by atoms with Gasteiger partial charge in [0.15, 0.2) is 0 Å². The maximum absolute atomic E-state index is 5.55. The zero-order valence-electron chi connectivity index (χ0n) is 9.04. The molecule has 1 unspecified atom stereocenters. The second kappa shape index (κ2) is 4.08. The quantitative estimate of drug-likeness (QED) is 0.586. The number of furan rings is 1. The van der Waals surface area contributed by atoms with Crippen molar-refractivity contribution < 1.29 is 9.15 Å². The van der Waals surface area contributed by atoms with Crippen LogP contribution in [-0.2, 0) is 4.74 Å². The number of hydrogen-bond donors (Lipinski definition) is 2. The minimum absolute atomic E-state index is 0.0926. The van der Waals surface area contributed by atoms with Crippen LogP contribution in [0.4, 0.5) is 0 Å². The Morgan fingerprint density at radius 1 is 1.47 bits per heavy atom. The molecule has 0 saturated heterocycles. The highest BCUT2D eigenvalue weighted by molar-refractivity contribution is 5.30. The number of rotatable bonds is 3. The number of nitrogens with two attached hydrogens (primary N) is 1. The number of hydrazine groups is 1. The molecule has 0 bridgehead atoms. The van der Waals surface area contributed by atoms with E-state index in [1.54, 1.807) is 0 Å². The van der Waals surface area contributed by atoms with Gasteiger partial charge in [-0.05, 0) is 26.0 Å². The van der Waals surface area contributed by atoms with Crippen LogP contribution in [-0.4, -0.2) is 6.61 Å². The van der Waals surface area contributed by atoms with Crippen molar-refractivity contribution >= 4 is 0 Å². The van der Waals surface area contributed by atoms with E-state index in [9.17, 15) is 0 Å². The van der Waals surface area contributed by atoms with Crippen LogP contribution in [0.3, 0.4) is 0 Å². The molecule has 0 aliphatic carbocycles. The molecule has 15 heavy (non-hydrogen) atoms. The lowest BCUT2D eigenvalue weighted by molar-refractivity contribution is 0.215. The number of ether oxygens (including phenoxy) is 1. The summed E-state index contributed by atoms with van der Waals surface area (Å²) in [5.41, 5.74) is 3.81. The van der Waals surface area contributed by atoms with Crippen LogP contribution >= 0.6 is 0 Å². The van der Waals surface area contributed by atoms with E-state index in [0.29, 0.717) is 0 Å². The summed E-state index contributed by atoms with van der Waals surface area (Å²) < 4.78 is 11.0. The van der Waals surface area contributed by atoms with E-state index in [-0.39, 0.29) is 6.04 Å². The van der Waals surface area contributed by atoms with Crippen molar-refractivity contribution in [2.24, 2.45) is 5.84 Å². The van der Waals surface area contributed by atoms with Crippen LogP contribution in [0.5, 0.6) is 0 Å². The van der Waals surface area contributed by atoms with E-state index in [1.165, 1.54) is 0 Å². The van der Waals surface area contributed by atoms with Crippen LogP contribution in [0.15, 0.2) is 22.3 Å². The lowest BCUT2D eigenvalue weighted by Gasteiger charge is -2.16. The first-order valence-corrected chi connectivity index (χ1v) is 5.08. The van der Waals surface area contributed by atoms with Gasteiger partial charge in [0, 0.05) is 12.0 Å². The van der Waals surface area contributed by atoms with Crippen molar-refractivity contribution in [2.45, 2.75) is 26.3 Å². The summed E-state index contributed by atoms with van der Waals surface area (Å²) >= 11 is 0. The molecule has 1 aromatic heterocycles. The summed E-state index contributed by atoms with van der Waals surface area (Å²) in [7, 11) is 0. The standard InChI is InChI=1S/C11H16N2O2/c1-7-6-9(8(2)15-7)11(13-12)10-4-3-5-14-10/h4,6,11,13H,3,5,12H2,1-2H3. The van der Waals surface area contributed by atoms with Gasteiger partial charge in [-0.3, -0.25) is 5.84 Å². The van der Waals surface area contributed by atoms with E-state index < -0.39 is 0 Å². The summed E-state index contributed by atoms with van der Waals surface area (Å²) in [5.74, 6) is 8.21. The Bertz CT molecular complexity index is 382. The molecular weight excluding hydrogens is 192 g/mol. The summed E-state index contributed by atoms with van der Waals surface area (Å²) in [5, 5.41) is 0. The van der Waals surface area contributed by atoms with Gasteiger partial charge in [0.25, 0.3) is 0 Å². The van der Waals surface area contributed by atoms with Crippen LogP contribution < -0.4 is 11.3 Å². The molecule has 2 heterocycles. The Morgan fingerprint density at radius 3 is 2.73 bits per heavy atom. The second-order valence-electron chi connectivity index (χ2n) is 3.71. The lowest BCUT2D eigenvalue weighted by Crippen LogP contribution is -2.29. The molecule has 1 aliphatic heterocycles. The molecule has 0 fully saturated rings.